The van der Waals surface area contributed by atoms with E-state index in [4.69, 9.17) is 0 Å². The molecule has 0 spiro atoms. The van der Waals surface area contributed by atoms with Crippen LogP contribution in [0.15, 0.2) is 47.7 Å². The highest BCUT2D eigenvalue weighted by Gasteiger charge is 2.11. The largest absolute Gasteiger partial charge is 0.305 e. The number of rotatable bonds is 4. The number of carbonyl (C=O) groups is 1. The van der Waals surface area contributed by atoms with Gasteiger partial charge in [0.15, 0.2) is 0 Å². The molecule has 0 saturated heterocycles. The van der Waals surface area contributed by atoms with Crippen LogP contribution in [0.2, 0.25) is 0 Å². The van der Waals surface area contributed by atoms with Crippen LogP contribution in [-0.4, -0.2) is 25.7 Å². The maximum absolute atomic E-state index is 12.0. The molecule has 3 rings (SSSR count). The number of carbonyl (C=O) groups excluding carboxylic acids is 1. The molecule has 3 aromatic rings. The smallest absolute Gasteiger partial charge is 0.276 e. The molecule has 6 nitrogen and oxygen atoms in total. The molecule has 0 aliphatic heterocycles. The molecule has 0 atom stereocenters. The second-order valence-corrected chi connectivity index (χ2v) is 4.78. The van der Waals surface area contributed by atoms with Crippen molar-refractivity contribution in [2.75, 3.05) is 5.32 Å². The molecule has 100 valence electrons. The maximum Gasteiger partial charge on any atom is 0.276 e. The van der Waals surface area contributed by atoms with Crippen LogP contribution in [0.1, 0.15) is 16.1 Å². The zero-order valence-corrected chi connectivity index (χ0v) is 11.2. The fourth-order valence-corrected chi connectivity index (χ4v) is 2.27. The van der Waals surface area contributed by atoms with Crippen LogP contribution in [-0.2, 0) is 6.54 Å². The summed E-state index contributed by atoms with van der Waals surface area (Å²) in [4.78, 5) is 20.0. The number of thiazole rings is 1. The first-order valence-electron chi connectivity index (χ1n) is 5.93. The Balaban J connectivity index is 1.75. The first-order chi connectivity index (χ1) is 9.83. The highest BCUT2D eigenvalue weighted by Crippen LogP contribution is 2.11. The molecule has 20 heavy (non-hydrogen) atoms. The molecule has 0 aliphatic rings. The van der Waals surface area contributed by atoms with Crippen LogP contribution in [0.25, 0.3) is 0 Å². The van der Waals surface area contributed by atoms with E-state index in [2.05, 4.69) is 20.4 Å². The molecule has 1 N–H and O–H groups in total. The van der Waals surface area contributed by atoms with Crippen molar-refractivity contribution in [1.29, 1.82) is 0 Å². The molecule has 0 unspecified atom stereocenters. The summed E-state index contributed by atoms with van der Waals surface area (Å²) < 4.78 is 1.71. The third-order valence-corrected chi connectivity index (χ3v) is 3.26. The Morgan fingerprint density at radius 1 is 1.35 bits per heavy atom. The van der Waals surface area contributed by atoms with E-state index in [1.807, 2.05) is 12.1 Å². The third kappa shape index (κ3) is 2.72. The monoisotopic (exact) mass is 285 g/mol. The molecular weight excluding hydrogens is 274 g/mol. The topological polar surface area (TPSA) is 72.7 Å². The van der Waals surface area contributed by atoms with Crippen molar-refractivity contribution in [3.05, 3.63) is 58.9 Å². The van der Waals surface area contributed by atoms with Gasteiger partial charge >= 0.3 is 0 Å². The molecule has 0 saturated carbocycles. The molecule has 0 aliphatic carbocycles. The van der Waals surface area contributed by atoms with Crippen LogP contribution in [0.3, 0.4) is 0 Å². The third-order valence-electron chi connectivity index (χ3n) is 2.68. The minimum atomic E-state index is -0.237. The van der Waals surface area contributed by atoms with Gasteiger partial charge in [0.05, 0.1) is 18.3 Å². The summed E-state index contributed by atoms with van der Waals surface area (Å²) in [7, 11) is 0. The van der Waals surface area contributed by atoms with Gasteiger partial charge in [0.25, 0.3) is 5.91 Å². The van der Waals surface area contributed by atoms with Crippen molar-refractivity contribution in [2.45, 2.75) is 6.54 Å². The number of anilines is 1. The van der Waals surface area contributed by atoms with Gasteiger partial charge in [0, 0.05) is 23.8 Å². The summed E-state index contributed by atoms with van der Waals surface area (Å²) in [5.74, 6) is 0.394. The molecule has 0 fully saturated rings. The van der Waals surface area contributed by atoms with Gasteiger partial charge in [0.1, 0.15) is 11.5 Å². The second kappa shape index (κ2) is 5.62. The minimum Gasteiger partial charge on any atom is -0.305 e. The summed E-state index contributed by atoms with van der Waals surface area (Å²) in [6.07, 6.45) is 5.14. The minimum absolute atomic E-state index is 0.237. The Morgan fingerprint density at radius 3 is 3.05 bits per heavy atom. The summed E-state index contributed by atoms with van der Waals surface area (Å²) in [6.45, 7) is 0.549. The van der Waals surface area contributed by atoms with Crippen molar-refractivity contribution in [2.24, 2.45) is 0 Å². The number of nitrogens with zero attached hydrogens (tertiary/aromatic N) is 4. The maximum atomic E-state index is 12.0. The van der Waals surface area contributed by atoms with Gasteiger partial charge in [-0.1, -0.05) is 6.07 Å². The fourth-order valence-electron chi connectivity index (χ4n) is 1.73. The predicted molar refractivity (Wildman–Crippen MR) is 75.6 cm³/mol. The van der Waals surface area contributed by atoms with Gasteiger partial charge in [-0.05, 0) is 11.6 Å². The number of hydrogen-bond donors (Lipinski definition) is 1. The van der Waals surface area contributed by atoms with E-state index in [1.54, 1.807) is 40.2 Å². The van der Waals surface area contributed by atoms with Gasteiger partial charge < -0.3 is 5.32 Å². The van der Waals surface area contributed by atoms with Crippen molar-refractivity contribution < 1.29 is 4.79 Å². The van der Waals surface area contributed by atoms with Crippen molar-refractivity contribution in [3.8, 4) is 0 Å². The quantitative estimate of drug-likeness (QED) is 0.796. The summed E-state index contributed by atoms with van der Waals surface area (Å²) in [6, 6.07) is 5.58. The highest BCUT2D eigenvalue weighted by molar-refractivity contribution is 7.07. The van der Waals surface area contributed by atoms with Crippen LogP contribution in [0.5, 0.6) is 0 Å². The van der Waals surface area contributed by atoms with Gasteiger partial charge in [-0.2, -0.15) is 5.10 Å². The van der Waals surface area contributed by atoms with Gasteiger partial charge in [-0.3, -0.25) is 9.78 Å². The SMILES string of the molecule is O=C(Nc1ccnn1Cc1cccnc1)c1cscn1. The van der Waals surface area contributed by atoms with E-state index < -0.39 is 0 Å². The lowest BCUT2D eigenvalue weighted by Gasteiger charge is -2.07. The Hall–Kier alpha value is -2.54. The van der Waals surface area contributed by atoms with Crippen LogP contribution in [0.4, 0.5) is 5.82 Å². The average Bonchev–Trinajstić information content (AvgIpc) is 3.12. The van der Waals surface area contributed by atoms with E-state index in [-0.39, 0.29) is 5.91 Å². The first kappa shape index (κ1) is 12.5. The summed E-state index contributed by atoms with van der Waals surface area (Å²) in [5, 5.41) is 8.71. The first-order valence-corrected chi connectivity index (χ1v) is 6.87. The Bertz CT molecular complexity index is 693. The van der Waals surface area contributed by atoms with Crippen LogP contribution < -0.4 is 5.32 Å². The molecule has 1 amide bonds. The normalized spacial score (nSPS) is 10.4. The van der Waals surface area contributed by atoms with E-state index in [1.165, 1.54) is 11.3 Å². The zero-order chi connectivity index (χ0) is 13.8. The molecule has 3 heterocycles. The van der Waals surface area contributed by atoms with Crippen LogP contribution in [0, 0.1) is 0 Å². The molecule has 0 bridgehead atoms. The molecule has 0 aromatic carbocycles. The molecule has 7 heteroatoms. The van der Waals surface area contributed by atoms with E-state index in [0.717, 1.165) is 5.56 Å². The average molecular weight is 285 g/mol. The van der Waals surface area contributed by atoms with E-state index in [9.17, 15) is 4.79 Å². The number of aromatic nitrogens is 4. The Labute approximate surface area is 119 Å². The van der Waals surface area contributed by atoms with E-state index in [0.29, 0.717) is 18.1 Å². The van der Waals surface area contributed by atoms with Gasteiger partial charge in [-0.15, -0.1) is 11.3 Å². The van der Waals surface area contributed by atoms with Crippen molar-refractivity contribution in [3.63, 3.8) is 0 Å². The number of hydrogen-bond acceptors (Lipinski definition) is 5. The standard InChI is InChI=1S/C13H11N5OS/c19-13(11-8-20-9-15-11)17-12-3-5-16-18(12)7-10-2-1-4-14-6-10/h1-6,8-9H,7H2,(H,17,19). The Kier molecular flexibility index (Phi) is 3.51. The lowest BCUT2D eigenvalue weighted by Crippen LogP contribution is -2.16. The lowest BCUT2D eigenvalue weighted by atomic mass is 10.3. The number of nitrogens with one attached hydrogen (secondary N) is 1. The summed E-state index contributed by atoms with van der Waals surface area (Å²) >= 11 is 1.38. The van der Waals surface area contributed by atoms with Crippen molar-refractivity contribution in [1.82, 2.24) is 19.7 Å². The summed E-state index contributed by atoms with van der Waals surface area (Å²) in [5.41, 5.74) is 3.05. The fraction of sp³-hybridized carbons (Fsp3) is 0.0769. The second-order valence-electron chi connectivity index (χ2n) is 4.06. The number of amides is 1. The number of pyridine rings is 1. The highest BCUT2D eigenvalue weighted by atomic mass is 32.1. The van der Waals surface area contributed by atoms with Crippen LogP contribution >= 0.6 is 11.3 Å². The molecule has 3 aromatic heterocycles. The van der Waals surface area contributed by atoms with Gasteiger partial charge in [0.2, 0.25) is 0 Å². The van der Waals surface area contributed by atoms with Gasteiger partial charge in [-0.25, -0.2) is 9.67 Å². The Morgan fingerprint density at radius 2 is 2.30 bits per heavy atom. The molecular formula is C13H11N5OS. The molecule has 0 radical (unpaired) electrons. The van der Waals surface area contributed by atoms with Crippen molar-refractivity contribution >= 4 is 23.1 Å². The lowest BCUT2D eigenvalue weighted by molar-refractivity contribution is 0.102. The van der Waals surface area contributed by atoms with E-state index >= 15 is 0 Å². The predicted octanol–water partition coefficient (Wildman–Crippen LogP) is 2.04. The zero-order valence-electron chi connectivity index (χ0n) is 10.4.